The lowest BCUT2D eigenvalue weighted by atomic mass is 9.46. The normalized spacial score (nSPS) is 39.5. The van der Waals surface area contributed by atoms with Crippen molar-refractivity contribution in [2.24, 2.45) is 22.7 Å². The van der Waals surface area contributed by atoms with Gasteiger partial charge in [-0.05, 0) is 60.6 Å². The Bertz CT molecular complexity index is 896. The minimum atomic E-state index is -0.472. The van der Waals surface area contributed by atoms with Crippen molar-refractivity contribution in [2.45, 2.75) is 71.0 Å². The summed E-state index contributed by atoms with van der Waals surface area (Å²) in [6.07, 6.45) is 3.28. The van der Waals surface area contributed by atoms with Gasteiger partial charge in [-0.3, -0.25) is 4.79 Å². The Labute approximate surface area is 195 Å². The third-order valence-electron chi connectivity index (χ3n) is 8.80. The monoisotopic (exact) mass is 461 g/mol. The zero-order valence-electron chi connectivity index (χ0n) is 19.7. The molecular formula is C25H37N2O6+. The van der Waals surface area contributed by atoms with E-state index < -0.39 is 6.10 Å². The van der Waals surface area contributed by atoms with E-state index in [4.69, 9.17) is 18.9 Å². The molecule has 4 aliphatic rings. The minimum absolute atomic E-state index is 0.0286. The summed E-state index contributed by atoms with van der Waals surface area (Å²) in [5.41, 5.74) is 4.65. The summed E-state index contributed by atoms with van der Waals surface area (Å²) in [5, 5.41) is 14.0. The molecule has 1 saturated heterocycles. The van der Waals surface area contributed by atoms with E-state index in [1.807, 2.05) is 18.2 Å². The van der Waals surface area contributed by atoms with Gasteiger partial charge in [0.2, 0.25) is 19.0 Å². The number of hydrogen-bond acceptors (Lipinski definition) is 6. The van der Waals surface area contributed by atoms with Crippen molar-refractivity contribution in [3.05, 3.63) is 23.8 Å². The van der Waals surface area contributed by atoms with Crippen molar-refractivity contribution < 1.29 is 34.6 Å². The SMILES string of the molecule is C[C@@]12CO[C@@H](C[NH3+])O[C@@H]1CC[C@]1(C)[C@H]2CC[C@@H](O)[C@H]1CC(=O)NCc1ccc2c(c1)OCO2. The van der Waals surface area contributed by atoms with Crippen LogP contribution in [-0.2, 0) is 20.8 Å². The molecule has 5 N–H and O–H groups in total. The molecule has 7 atom stereocenters. The minimum Gasteiger partial charge on any atom is -0.454 e. The second kappa shape index (κ2) is 8.73. The Balaban J connectivity index is 1.26. The van der Waals surface area contributed by atoms with Crippen molar-refractivity contribution in [1.82, 2.24) is 5.32 Å². The molecule has 2 aliphatic heterocycles. The molecule has 182 valence electrons. The largest absolute Gasteiger partial charge is 0.454 e. The first kappa shape index (κ1) is 22.9. The van der Waals surface area contributed by atoms with E-state index in [-0.39, 0.29) is 41.8 Å². The van der Waals surface area contributed by atoms with Crippen molar-refractivity contribution >= 4 is 5.91 Å². The molecule has 0 radical (unpaired) electrons. The fourth-order valence-corrected chi connectivity index (χ4v) is 6.96. The first-order valence-electron chi connectivity index (χ1n) is 12.2. The number of aliphatic hydroxyl groups is 1. The first-order valence-corrected chi connectivity index (χ1v) is 12.2. The highest BCUT2D eigenvalue weighted by Gasteiger charge is 2.61. The quantitative estimate of drug-likeness (QED) is 0.614. The maximum Gasteiger partial charge on any atom is 0.231 e. The Kier molecular flexibility index (Phi) is 6.05. The average molecular weight is 462 g/mol. The molecule has 0 bridgehead atoms. The highest BCUT2D eigenvalue weighted by atomic mass is 16.7. The van der Waals surface area contributed by atoms with Crippen molar-refractivity contribution in [1.29, 1.82) is 0 Å². The number of rotatable bonds is 5. The third kappa shape index (κ3) is 4.01. The molecule has 2 aliphatic carbocycles. The van der Waals surface area contributed by atoms with Gasteiger partial charge < -0.3 is 35.1 Å². The molecule has 3 fully saturated rings. The van der Waals surface area contributed by atoms with Crippen LogP contribution in [0.5, 0.6) is 11.5 Å². The van der Waals surface area contributed by atoms with Crippen LogP contribution in [0.1, 0.15) is 51.5 Å². The number of benzene rings is 1. The zero-order valence-corrected chi connectivity index (χ0v) is 19.7. The Hall–Kier alpha value is -1.87. The number of amides is 1. The number of nitrogens with one attached hydrogen (secondary N) is 1. The first-order chi connectivity index (χ1) is 15.8. The van der Waals surface area contributed by atoms with Gasteiger partial charge in [0.25, 0.3) is 0 Å². The summed E-state index contributed by atoms with van der Waals surface area (Å²) in [5.74, 6) is 1.67. The number of carbonyl (C=O) groups is 1. The van der Waals surface area contributed by atoms with E-state index in [2.05, 4.69) is 24.9 Å². The van der Waals surface area contributed by atoms with Crippen LogP contribution >= 0.6 is 0 Å². The van der Waals surface area contributed by atoms with Crippen LogP contribution in [-0.4, -0.2) is 49.5 Å². The zero-order chi connectivity index (χ0) is 23.2. The Morgan fingerprint density at radius 1 is 1.18 bits per heavy atom. The second-order valence-corrected chi connectivity index (χ2v) is 10.7. The second-order valence-electron chi connectivity index (χ2n) is 10.7. The van der Waals surface area contributed by atoms with Crippen LogP contribution < -0.4 is 20.5 Å². The fourth-order valence-electron chi connectivity index (χ4n) is 6.96. The third-order valence-corrected chi connectivity index (χ3v) is 8.80. The predicted molar refractivity (Wildman–Crippen MR) is 119 cm³/mol. The van der Waals surface area contributed by atoms with Crippen LogP contribution in [0.4, 0.5) is 0 Å². The molecule has 8 nitrogen and oxygen atoms in total. The molecule has 0 spiro atoms. The van der Waals surface area contributed by atoms with E-state index >= 15 is 0 Å². The lowest BCUT2D eigenvalue weighted by molar-refractivity contribution is -0.432. The van der Waals surface area contributed by atoms with Gasteiger partial charge in [-0.25, -0.2) is 0 Å². The molecule has 1 aromatic carbocycles. The van der Waals surface area contributed by atoms with Crippen LogP contribution in [0.15, 0.2) is 18.2 Å². The number of aliphatic hydroxyl groups excluding tert-OH is 1. The lowest BCUT2D eigenvalue weighted by Crippen LogP contribution is -2.66. The molecule has 0 unspecified atom stereocenters. The lowest BCUT2D eigenvalue weighted by Gasteiger charge is -2.62. The highest BCUT2D eigenvalue weighted by Crippen LogP contribution is 2.62. The standard InChI is InChI=1S/C25H36N2O6/c1-24-8-7-21-25(2,13-30-23(11-26)33-21)20(24)6-4-17(28)16(24)10-22(29)27-12-15-3-5-18-19(9-15)32-14-31-18/h3,5,9,16-17,20-21,23,28H,4,6-8,10-14,26H2,1-2H3,(H,27,29)/p+1/t16-,17-,20-,21-,23-,24+,25+/m1/s1. The average Bonchev–Trinajstić information content (AvgIpc) is 3.27. The van der Waals surface area contributed by atoms with E-state index in [9.17, 15) is 9.90 Å². The van der Waals surface area contributed by atoms with Gasteiger partial charge in [0.05, 0.1) is 18.8 Å². The summed E-state index contributed by atoms with van der Waals surface area (Å²) < 4.78 is 23.0. The van der Waals surface area contributed by atoms with Crippen molar-refractivity contribution in [3.8, 4) is 11.5 Å². The number of hydrogen-bond donors (Lipinski definition) is 3. The Morgan fingerprint density at radius 3 is 2.82 bits per heavy atom. The van der Waals surface area contributed by atoms with Gasteiger partial charge in [-0.1, -0.05) is 19.9 Å². The van der Waals surface area contributed by atoms with Crippen molar-refractivity contribution in [3.63, 3.8) is 0 Å². The molecule has 2 saturated carbocycles. The van der Waals surface area contributed by atoms with Crippen LogP contribution in [0, 0.1) is 22.7 Å². The van der Waals surface area contributed by atoms with Gasteiger partial charge in [-0.2, -0.15) is 0 Å². The smallest absolute Gasteiger partial charge is 0.231 e. The number of fused-ring (bicyclic) bond motifs is 4. The summed E-state index contributed by atoms with van der Waals surface area (Å²) in [4.78, 5) is 13.0. The summed E-state index contributed by atoms with van der Waals surface area (Å²) in [6.45, 7) is 6.46. The molecule has 2 heterocycles. The highest BCUT2D eigenvalue weighted by molar-refractivity contribution is 5.76. The van der Waals surface area contributed by atoms with Gasteiger partial charge in [0, 0.05) is 18.4 Å². The van der Waals surface area contributed by atoms with Crippen molar-refractivity contribution in [2.75, 3.05) is 19.9 Å². The van der Waals surface area contributed by atoms with Crippen LogP contribution in [0.2, 0.25) is 0 Å². The number of quaternary nitrogens is 1. The van der Waals surface area contributed by atoms with Gasteiger partial charge in [-0.15, -0.1) is 0 Å². The van der Waals surface area contributed by atoms with Crippen LogP contribution in [0.25, 0.3) is 0 Å². The maximum absolute atomic E-state index is 13.0. The predicted octanol–water partition coefficient (Wildman–Crippen LogP) is 1.60. The molecule has 0 aromatic heterocycles. The summed E-state index contributed by atoms with van der Waals surface area (Å²) in [6, 6.07) is 5.71. The molecule has 5 rings (SSSR count). The van der Waals surface area contributed by atoms with Gasteiger partial charge >= 0.3 is 0 Å². The number of carbonyl (C=O) groups excluding carboxylic acids is 1. The maximum atomic E-state index is 13.0. The van der Waals surface area contributed by atoms with Gasteiger partial charge in [0.15, 0.2) is 11.5 Å². The van der Waals surface area contributed by atoms with E-state index in [0.29, 0.717) is 44.2 Å². The van der Waals surface area contributed by atoms with E-state index in [1.54, 1.807) is 0 Å². The van der Waals surface area contributed by atoms with Gasteiger partial charge in [0.1, 0.15) is 6.54 Å². The van der Waals surface area contributed by atoms with E-state index in [1.165, 1.54) is 0 Å². The molecule has 1 aromatic rings. The topological polar surface area (TPSA) is 114 Å². The molecule has 8 heteroatoms. The molecule has 1 amide bonds. The van der Waals surface area contributed by atoms with Crippen LogP contribution in [0.3, 0.4) is 0 Å². The molecular weight excluding hydrogens is 424 g/mol. The summed E-state index contributed by atoms with van der Waals surface area (Å²) in [7, 11) is 0. The van der Waals surface area contributed by atoms with E-state index in [0.717, 1.165) is 30.6 Å². The Morgan fingerprint density at radius 2 is 2.00 bits per heavy atom. The molecule has 33 heavy (non-hydrogen) atoms. The number of ether oxygens (including phenoxy) is 4. The fraction of sp³-hybridized carbons (Fsp3) is 0.720. The summed E-state index contributed by atoms with van der Waals surface area (Å²) >= 11 is 0.